The Morgan fingerprint density at radius 2 is 1.35 bits per heavy atom. The van der Waals surface area contributed by atoms with E-state index in [0.29, 0.717) is 74.8 Å². The maximum Gasteiger partial charge on any atom is 0.209 e. The van der Waals surface area contributed by atoms with Gasteiger partial charge in [-0.2, -0.15) is 0 Å². The van der Waals surface area contributed by atoms with Gasteiger partial charge in [-0.15, -0.1) is 0 Å². The van der Waals surface area contributed by atoms with E-state index in [4.69, 9.17) is 33.2 Å². The van der Waals surface area contributed by atoms with Crippen molar-refractivity contribution in [3.8, 4) is 0 Å². The molecule has 0 amide bonds. The molecule has 43 heavy (non-hydrogen) atoms. The molecule has 0 aromatic carbocycles. The number of hydrogen-bond donors (Lipinski definition) is 0. The van der Waals surface area contributed by atoms with Crippen LogP contribution >= 0.6 is 22.6 Å². The molecular weight excluding hydrogens is 659 g/mol. The van der Waals surface area contributed by atoms with Crippen molar-refractivity contribution >= 4 is 22.6 Å². The van der Waals surface area contributed by atoms with Gasteiger partial charge in [-0.3, -0.25) is 0 Å². The predicted molar refractivity (Wildman–Crippen MR) is 174 cm³/mol. The first kappa shape index (κ1) is 32.9. The van der Waals surface area contributed by atoms with Gasteiger partial charge < -0.3 is 33.2 Å². The summed E-state index contributed by atoms with van der Waals surface area (Å²) < 4.78 is 44.6. The lowest BCUT2D eigenvalue weighted by molar-refractivity contribution is -0.332. The van der Waals surface area contributed by atoms with Crippen LogP contribution in [0.15, 0.2) is 21.3 Å². The molecule has 0 bridgehead atoms. The standard InChI is InChI=1S/C35H55IO7/c1-22-4-6-26(7-5-22)27-9-8-25(24(3)38-15-27)10-12-31-13-11-28(16-39-31)29-17-40-34(41-18-29)35-42-19-30(20-43-35)32-21-37-23(2)14-33(32)36/h4,6,22-31,34-35H,5,7-21H2,1-3H3/t22?,23?,24-,25?,26?,27?,28?,29?,30?,31?,34?,35?/m0/s1. The van der Waals surface area contributed by atoms with Crippen molar-refractivity contribution < 1.29 is 33.2 Å². The van der Waals surface area contributed by atoms with Gasteiger partial charge in [0, 0.05) is 18.3 Å². The molecule has 0 aromatic rings. The molecule has 7 nitrogen and oxygen atoms in total. The second-order valence-corrected chi connectivity index (χ2v) is 15.7. The van der Waals surface area contributed by atoms with E-state index in [0.717, 1.165) is 38.4 Å². The molecule has 7 unspecified atom stereocenters. The molecule has 0 N–H and O–H groups in total. The van der Waals surface area contributed by atoms with Crippen molar-refractivity contribution in [3.63, 3.8) is 0 Å². The molecule has 0 radical (unpaired) electrons. The van der Waals surface area contributed by atoms with E-state index in [-0.39, 0.29) is 12.0 Å². The Morgan fingerprint density at radius 3 is 2.02 bits per heavy atom. The van der Waals surface area contributed by atoms with Crippen LogP contribution in [0.25, 0.3) is 0 Å². The Hall–Kier alpha value is -0.0700. The lowest BCUT2D eigenvalue weighted by Crippen LogP contribution is -2.48. The topological polar surface area (TPSA) is 64.6 Å². The minimum atomic E-state index is -0.459. The largest absolute Gasteiger partial charge is 0.378 e. The Labute approximate surface area is 273 Å². The highest BCUT2D eigenvalue weighted by Crippen LogP contribution is 2.38. The molecule has 6 aliphatic rings. The zero-order valence-electron chi connectivity index (χ0n) is 26.6. The number of rotatable bonds is 7. The van der Waals surface area contributed by atoms with Gasteiger partial charge in [0.1, 0.15) is 0 Å². The Kier molecular flexibility index (Phi) is 12.0. The second-order valence-electron chi connectivity index (χ2n) is 14.4. The molecule has 0 aromatic heterocycles. The van der Waals surface area contributed by atoms with Gasteiger partial charge in [0.05, 0.1) is 64.6 Å². The van der Waals surface area contributed by atoms with E-state index in [2.05, 4.69) is 55.5 Å². The Balaban J connectivity index is 0.869. The van der Waals surface area contributed by atoms with Crippen molar-refractivity contribution in [2.45, 2.75) is 109 Å². The van der Waals surface area contributed by atoms with E-state index < -0.39 is 12.6 Å². The molecule has 6 rings (SSSR count). The van der Waals surface area contributed by atoms with Crippen LogP contribution in [0.1, 0.15) is 78.6 Å². The van der Waals surface area contributed by atoms with Gasteiger partial charge in [0.25, 0.3) is 0 Å². The second kappa shape index (κ2) is 15.7. The maximum absolute atomic E-state index is 6.43. The number of hydrogen-bond acceptors (Lipinski definition) is 7. The lowest BCUT2D eigenvalue weighted by atomic mass is 9.78. The van der Waals surface area contributed by atoms with Crippen LogP contribution in [0, 0.1) is 41.4 Å². The highest BCUT2D eigenvalue weighted by molar-refractivity contribution is 14.1. The van der Waals surface area contributed by atoms with Crippen LogP contribution in [0.3, 0.4) is 0 Å². The maximum atomic E-state index is 6.43. The van der Waals surface area contributed by atoms with E-state index >= 15 is 0 Å². The molecule has 0 saturated carbocycles. The normalized spacial score (nSPS) is 45.1. The van der Waals surface area contributed by atoms with Gasteiger partial charge in [-0.25, -0.2) is 0 Å². The third-order valence-corrected chi connectivity index (χ3v) is 12.4. The summed E-state index contributed by atoms with van der Waals surface area (Å²) >= 11 is 2.46. The van der Waals surface area contributed by atoms with Crippen LogP contribution in [-0.2, 0) is 33.2 Å². The Bertz CT molecular complexity index is 932. The molecule has 5 heterocycles. The van der Waals surface area contributed by atoms with Crippen LogP contribution < -0.4 is 0 Å². The molecule has 244 valence electrons. The number of ether oxygens (including phenoxy) is 7. The van der Waals surface area contributed by atoms with Crippen molar-refractivity contribution in [2.75, 3.05) is 46.2 Å². The summed E-state index contributed by atoms with van der Waals surface area (Å²) in [5, 5.41) is 0. The first-order chi connectivity index (χ1) is 20.9. The molecule has 8 atom stereocenters. The summed E-state index contributed by atoms with van der Waals surface area (Å²) in [4.78, 5) is 0. The molecule has 1 aliphatic carbocycles. The Morgan fingerprint density at radius 1 is 0.651 bits per heavy atom. The summed E-state index contributed by atoms with van der Waals surface area (Å²) in [5.74, 6) is 3.90. The number of halogens is 1. The zero-order chi connectivity index (χ0) is 29.8. The average molecular weight is 715 g/mol. The SMILES string of the molecule is CC1C=CC(C2CCC(CCC3CCC(C4COC(C5OCC(C6=C(I)CC(C)OC6)CO5)OC4)CO3)[C@H](C)OC2)CC1. The first-order valence-corrected chi connectivity index (χ1v) is 18.4. The highest BCUT2D eigenvalue weighted by Gasteiger charge is 2.39. The fourth-order valence-corrected chi connectivity index (χ4v) is 9.22. The first-order valence-electron chi connectivity index (χ1n) is 17.3. The van der Waals surface area contributed by atoms with Crippen LogP contribution in [0.2, 0.25) is 0 Å². The molecule has 8 heteroatoms. The monoisotopic (exact) mass is 714 g/mol. The minimum Gasteiger partial charge on any atom is -0.378 e. The molecule has 4 fully saturated rings. The predicted octanol–water partition coefficient (Wildman–Crippen LogP) is 7.07. The van der Waals surface area contributed by atoms with Gasteiger partial charge in [-0.1, -0.05) is 19.1 Å². The summed E-state index contributed by atoms with van der Waals surface area (Å²) in [6, 6.07) is 0. The molecule has 4 saturated heterocycles. The highest BCUT2D eigenvalue weighted by atomic mass is 127. The van der Waals surface area contributed by atoms with E-state index in [9.17, 15) is 0 Å². The van der Waals surface area contributed by atoms with E-state index in [1.165, 1.54) is 47.7 Å². The van der Waals surface area contributed by atoms with Gasteiger partial charge in [0.15, 0.2) is 0 Å². The molecule has 0 spiro atoms. The van der Waals surface area contributed by atoms with Crippen LogP contribution in [-0.4, -0.2) is 77.1 Å². The van der Waals surface area contributed by atoms with E-state index in [1.807, 2.05) is 0 Å². The van der Waals surface area contributed by atoms with Crippen molar-refractivity contribution in [2.24, 2.45) is 41.4 Å². The van der Waals surface area contributed by atoms with Gasteiger partial charge in [0.2, 0.25) is 12.6 Å². The fourth-order valence-electron chi connectivity index (χ4n) is 8.00. The summed E-state index contributed by atoms with van der Waals surface area (Å²) in [6.45, 7) is 11.8. The quantitative estimate of drug-likeness (QED) is 0.207. The zero-order valence-corrected chi connectivity index (χ0v) is 28.8. The van der Waals surface area contributed by atoms with E-state index in [1.54, 1.807) is 0 Å². The number of allylic oxidation sites excluding steroid dienone is 2. The van der Waals surface area contributed by atoms with Gasteiger partial charge in [-0.05, 0) is 127 Å². The third kappa shape index (κ3) is 8.65. The summed E-state index contributed by atoms with van der Waals surface area (Å²) in [6.07, 6.45) is 15.9. The van der Waals surface area contributed by atoms with Crippen molar-refractivity contribution in [1.82, 2.24) is 0 Å². The third-order valence-electron chi connectivity index (χ3n) is 11.3. The van der Waals surface area contributed by atoms with Gasteiger partial charge >= 0.3 is 0 Å². The smallest absolute Gasteiger partial charge is 0.209 e. The summed E-state index contributed by atoms with van der Waals surface area (Å²) in [7, 11) is 0. The fraction of sp³-hybridized carbons (Fsp3) is 0.886. The minimum absolute atomic E-state index is 0.248. The molecule has 5 aliphatic heterocycles. The molecular formula is C35H55IO7. The van der Waals surface area contributed by atoms with Crippen LogP contribution in [0.4, 0.5) is 0 Å². The average Bonchev–Trinajstić information content (AvgIpc) is 3.22. The lowest BCUT2D eigenvalue weighted by Gasteiger charge is -2.41. The van der Waals surface area contributed by atoms with Crippen molar-refractivity contribution in [1.29, 1.82) is 0 Å². The summed E-state index contributed by atoms with van der Waals surface area (Å²) in [5.41, 5.74) is 1.33. The van der Waals surface area contributed by atoms with Crippen molar-refractivity contribution in [3.05, 3.63) is 21.3 Å². The van der Waals surface area contributed by atoms with Crippen LogP contribution in [0.5, 0.6) is 0 Å².